The van der Waals surface area contributed by atoms with Gasteiger partial charge in [-0.2, -0.15) is 0 Å². The van der Waals surface area contributed by atoms with Crippen LogP contribution in [0.5, 0.6) is 0 Å². The number of esters is 1. The standard InChI is InChI=1S/C24H29NO3/c1-16-9-10-18(15-17(16)2)22(26)20-7-5-6-8-21(20)23(27)28-24(3,4)19-11-13-25-14-12-19/h5-10,15,19,25H,11-14H2,1-4H3/p+1. The molecule has 1 fully saturated rings. The molecule has 0 spiro atoms. The Labute approximate surface area is 167 Å². The lowest BCUT2D eigenvalue weighted by Crippen LogP contribution is -2.86. The summed E-state index contributed by atoms with van der Waals surface area (Å²) in [6, 6.07) is 12.6. The highest BCUT2D eigenvalue weighted by atomic mass is 16.6. The highest BCUT2D eigenvalue weighted by Gasteiger charge is 2.36. The van der Waals surface area contributed by atoms with Crippen LogP contribution in [0.1, 0.15) is 64.1 Å². The van der Waals surface area contributed by atoms with E-state index in [0.29, 0.717) is 22.6 Å². The molecular formula is C24H30NO3+. The third-order valence-electron chi connectivity index (χ3n) is 5.94. The maximum atomic E-state index is 13.1. The van der Waals surface area contributed by atoms with E-state index in [0.717, 1.165) is 37.1 Å². The van der Waals surface area contributed by atoms with Crippen LogP contribution in [0.4, 0.5) is 0 Å². The number of carbonyl (C=O) groups excluding carboxylic acids is 2. The SMILES string of the molecule is Cc1ccc(C(=O)c2ccccc2C(=O)OC(C)(C)C2CC[NH2+]CC2)cc1C. The summed E-state index contributed by atoms with van der Waals surface area (Å²) in [4.78, 5) is 26.1. The van der Waals surface area contributed by atoms with Crippen molar-refractivity contribution in [2.45, 2.75) is 46.1 Å². The van der Waals surface area contributed by atoms with Crippen molar-refractivity contribution in [1.82, 2.24) is 0 Å². The first kappa shape index (κ1) is 20.3. The topological polar surface area (TPSA) is 60.0 Å². The summed E-state index contributed by atoms with van der Waals surface area (Å²) in [5.74, 6) is -0.239. The van der Waals surface area contributed by atoms with E-state index in [9.17, 15) is 9.59 Å². The Morgan fingerprint density at radius 2 is 1.61 bits per heavy atom. The van der Waals surface area contributed by atoms with Gasteiger partial charge < -0.3 is 10.1 Å². The van der Waals surface area contributed by atoms with Crippen LogP contribution in [0.3, 0.4) is 0 Å². The van der Waals surface area contributed by atoms with Crippen molar-refractivity contribution in [3.63, 3.8) is 0 Å². The van der Waals surface area contributed by atoms with E-state index in [1.54, 1.807) is 24.3 Å². The molecule has 4 heteroatoms. The molecule has 0 unspecified atom stereocenters. The number of ketones is 1. The summed E-state index contributed by atoms with van der Waals surface area (Å²) in [5.41, 5.74) is 2.95. The van der Waals surface area contributed by atoms with Gasteiger partial charge in [-0.3, -0.25) is 4.79 Å². The van der Waals surface area contributed by atoms with Crippen LogP contribution in [0.15, 0.2) is 42.5 Å². The lowest BCUT2D eigenvalue weighted by Gasteiger charge is -2.35. The van der Waals surface area contributed by atoms with Crippen LogP contribution in [0.25, 0.3) is 0 Å². The Kier molecular flexibility index (Phi) is 5.99. The average molecular weight is 381 g/mol. The van der Waals surface area contributed by atoms with Gasteiger partial charge in [0, 0.05) is 29.9 Å². The number of hydrogen-bond donors (Lipinski definition) is 1. The minimum absolute atomic E-state index is 0.152. The molecule has 1 saturated heterocycles. The van der Waals surface area contributed by atoms with E-state index >= 15 is 0 Å². The largest absolute Gasteiger partial charge is 0.456 e. The summed E-state index contributed by atoms with van der Waals surface area (Å²) in [6.45, 7) is 10.1. The molecule has 3 rings (SSSR count). The van der Waals surface area contributed by atoms with Crippen molar-refractivity contribution in [1.29, 1.82) is 0 Å². The van der Waals surface area contributed by atoms with Crippen LogP contribution in [-0.4, -0.2) is 30.4 Å². The van der Waals surface area contributed by atoms with Crippen molar-refractivity contribution in [2.24, 2.45) is 5.92 Å². The molecule has 4 nitrogen and oxygen atoms in total. The van der Waals surface area contributed by atoms with Gasteiger partial charge in [0.25, 0.3) is 0 Å². The normalized spacial score (nSPS) is 15.3. The van der Waals surface area contributed by atoms with Crippen molar-refractivity contribution in [3.05, 3.63) is 70.3 Å². The Morgan fingerprint density at radius 1 is 0.964 bits per heavy atom. The Hall–Kier alpha value is -2.46. The zero-order valence-corrected chi connectivity index (χ0v) is 17.2. The van der Waals surface area contributed by atoms with Crippen molar-refractivity contribution >= 4 is 11.8 Å². The van der Waals surface area contributed by atoms with E-state index in [-0.39, 0.29) is 5.78 Å². The lowest BCUT2D eigenvalue weighted by atomic mass is 9.83. The van der Waals surface area contributed by atoms with E-state index in [4.69, 9.17) is 4.74 Å². The molecular weight excluding hydrogens is 350 g/mol. The number of hydrogen-bond acceptors (Lipinski definition) is 3. The van der Waals surface area contributed by atoms with E-state index in [1.807, 2.05) is 45.9 Å². The van der Waals surface area contributed by atoms with Gasteiger partial charge in [0.1, 0.15) is 5.60 Å². The molecule has 1 aliphatic rings. The fourth-order valence-corrected chi connectivity index (χ4v) is 3.90. The van der Waals surface area contributed by atoms with Crippen LogP contribution in [0, 0.1) is 19.8 Å². The first-order valence-electron chi connectivity index (χ1n) is 10.1. The Balaban J connectivity index is 1.85. The van der Waals surface area contributed by atoms with Gasteiger partial charge in [-0.05, 0) is 51.0 Å². The smallest absolute Gasteiger partial charge is 0.339 e. The number of rotatable bonds is 5. The van der Waals surface area contributed by atoms with Crippen molar-refractivity contribution < 1.29 is 19.6 Å². The molecule has 28 heavy (non-hydrogen) atoms. The summed E-state index contributed by atoms with van der Waals surface area (Å²) in [5, 5.41) is 2.30. The van der Waals surface area contributed by atoms with Crippen LogP contribution < -0.4 is 5.32 Å². The Bertz CT molecular complexity index is 879. The first-order valence-corrected chi connectivity index (χ1v) is 10.1. The minimum atomic E-state index is -0.554. The monoisotopic (exact) mass is 380 g/mol. The van der Waals surface area contributed by atoms with Gasteiger partial charge in [-0.15, -0.1) is 0 Å². The second-order valence-corrected chi connectivity index (χ2v) is 8.31. The third-order valence-corrected chi connectivity index (χ3v) is 5.94. The summed E-state index contributed by atoms with van der Waals surface area (Å²) < 4.78 is 5.93. The van der Waals surface area contributed by atoms with Crippen LogP contribution in [0.2, 0.25) is 0 Å². The molecule has 0 aromatic heterocycles. The molecule has 0 bridgehead atoms. The number of nitrogens with two attached hydrogens (primary N) is 1. The predicted molar refractivity (Wildman–Crippen MR) is 110 cm³/mol. The number of carbonyl (C=O) groups is 2. The van der Waals surface area contributed by atoms with E-state index < -0.39 is 11.6 Å². The summed E-state index contributed by atoms with van der Waals surface area (Å²) in [7, 11) is 0. The number of benzene rings is 2. The first-order chi connectivity index (χ1) is 13.3. The fourth-order valence-electron chi connectivity index (χ4n) is 3.90. The zero-order chi connectivity index (χ0) is 20.3. The maximum Gasteiger partial charge on any atom is 0.339 e. The number of quaternary nitrogens is 1. The number of piperidine rings is 1. The molecule has 1 heterocycles. The molecule has 148 valence electrons. The molecule has 0 radical (unpaired) electrons. The number of ether oxygens (including phenoxy) is 1. The third kappa shape index (κ3) is 4.33. The van der Waals surface area contributed by atoms with Crippen molar-refractivity contribution in [3.8, 4) is 0 Å². The zero-order valence-electron chi connectivity index (χ0n) is 17.2. The second kappa shape index (κ2) is 8.27. The molecule has 0 aliphatic carbocycles. The van der Waals surface area contributed by atoms with Crippen LogP contribution in [-0.2, 0) is 4.74 Å². The molecule has 0 amide bonds. The van der Waals surface area contributed by atoms with Gasteiger partial charge in [-0.25, -0.2) is 4.79 Å². The fraction of sp³-hybridized carbons (Fsp3) is 0.417. The molecule has 1 aliphatic heterocycles. The quantitative estimate of drug-likeness (QED) is 0.638. The van der Waals surface area contributed by atoms with Gasteiger partial charge in [0.05, 0.1) is 18.7 Å². The highest BCUT2D eigenvalue weighted by molar-refractivity contribution is 6.14. The van der Waals surface area contributed by atoms with Gasteiger partial charge in [0.2, 0.25) is 0 Å². The van der Waals surface area contributed by atoms with Crippen molar-refractivity contribution in [2.75, 3.05) is 13.1 Å². The molecule has 2 N–H and O–H groups in total. The molecule has 2 aromatic rings. The lowest BCUT2D eigenvalue weighted by molar-refractivity contribution is -0.665. The van der Waals surface area contributed by atoms with E-state index in [2.05, 4.69) is 5.32 Å². The van der Waals surface area contributed by atoms with Gasteiger partial charge >= 0.3 is 5.97 Å². The highest BCUT2D eigenvalue weighted by Crippen LogP contribution is 2.29. The summed E-state index contributed by atoms with van der Waals surface area (Å²) >= 11 is 0. The molecule has 0 atom stereocenters. The molecule has 2 aromatic carbocycles. The van der Waals surface area contributed by atoms with Gasteiger partial charge in [0.15, 0.2) is 5.78 Å². The Morgan fingerprint density at radius 3 is 2.25 bits per heavy atom. The maximum absolute atomic E-state index is 13.1. The average Bonchev–Trinajstić information content (AvgIpc) is 2.70. The number of aryl methyl sites for hydroxylation is 2. The second-order valence-electron chi connectivity index (χ2n) is 8.31. The minimum Gasteiger partial charge on any atom is -0.456 e. The van der Waals surface area contributed by atoms with E-state index in [1.165, 1.54) is 0 Å². The predicted octanol–water partition coefficient (Wildman–Crippen LogP) is 3.44. The summed E-state index contributed by atoms with van der Waals surface area (Å²) in [6.07, 6.45) is 2.06. The molecule has 0 saturated carbocycles. The van der Waals surface area contributed by atoms with Gasteiger partial charge in [-0.1, -0.05) is 30.3 Å². The van der Waals surface area contributed by atoms with Crippen LogP contribution >= 0.6 is 0 Å².